The van der Waals surface area contributed by atoms with E-state index >= 15 is 0 Å². The quantitative estimate of drug-likeness (QED) is 0.874. The van der Waals surface area contributed by atoms with Crippen LogP contribution in [0.25, 0.3) is 5.82 Å². The number of aromatic nitrogens is 4. The van der Waals surface area contributed by atoms with Crippen molar-refractivity contribution < 1.29 is 0 Å². The number of hydrogen-bond acceptors (Lipinski definition) is 4. The van der Waals surface area contributed by atoms with E-state index in [1.165, 1.54) is 0 Å². The summed E-state index contributed by atoms with van der Waals surface area (Å²) in [6, 6.07) is 0. The number of nitrogens with zero attached hydrogens (tertiary/aromatic N) is 4. The first-order valence-corrected chi connectivity index (χ1v) is 5.79. The minimum absolute atomic E-state index is 0.893. The van der Waals surface area contributed by atoms with Gasteiger partial charge in [-0.15, -0.1) is 0 Å². The Morgan fingerprint density at radius 3 is 2.71 bits per heavy atom. The van der Waals surface area contributed by atoms with Crippen molar-refractivity contribution in [3.63, 3.8) is 0 Å². The molecule has 0 aliphatic carbocycles. The molecule has 90 valence electrons. The topological polar surface area (TPSA) is 55.6 Å². The van der Waals surface area contributed by atoms with Gasteiger partial charge < -0.3 is 5.32 Å². The third kappa shape index (κ3) is 2.13. The molecule has 0 aliphatic heterocycles. The fraction of sp³-hybridized carbons (Fsp3) is 0.417. The van der Waals surface area contributed by atoms with Crippen molar-refractivity contribution >= 4 is 5.82 Å². The first-order valence-electron chi connectivity index (χ1n) is 5.79. The highest BCUT2D eigenvalue weighted by Gasteiger charge is 2.12. The maximum Gasteiger partial charge on any atom is 0.146 e. The summed E-state index contributed by atoms with van der Waals surface area (Å²) in [7, 11) is 1.88. The van der Waals surface area contributed by atoms with E-state index in [2.05, 4.69) is 27.2 Å². The highest BCUT2D eigenvalue weighted by molar-refractivity contribution is 5.51. The number of aryl methyl sites for hydroxylation is 1. The average molecular weight is 231 g/mol. The average Bonchev–Trinajstić information content (AvgIpc) is 2.76. The molecule has 0 amide bonds. The van der Waals surface area contributed by atoms with Crippen molar-refractivity contribution in [2.75, 3.05) is 12.4 Å². The van der Waals surface area contributed by atoms with E-state index < -0.39 is 0 Å². The normalized spacial score (nSPS) is 10.5. The monoisotopic (exact) mass is 231 g/mol. The SMILES string of the molecule is CCCc1c(NC)ncnc1-n1ccnc1C. The van der Waals surface area contributed by atoms with Crippen LogP contribution >= 0.6 is 0 Å². The number of hydrogen-bond donors (Lipinski definition) is 1. The Labute approximate surface area is 101 Å². The predicted octanol–water partition coefficient (Wildman–Crippen LogP) is 1.96. The molecule has 0 radical (unpaired) electrons. The molecule has 2 rings (SSSR count). The highest BCUT2D eigenvalue weighted by Crippen LogP contribution is 2.21. The Hall–Kier alpha value is -1.91. The van der Waals surface area contributed by atoms with Gasteiger partial charge in [0.15, 0.2) is 0 Å². The van der Waals surface area contributed by atoms with Crippen LogP contribution in [0.3, 0.4) is 0 Å². The van der Waals surface area contributed by atoms with Gasteiger partial charge in [-0.3, -0.25) is 4.57 Å². The first kappa shape index (κ1) is 11.6. The summed E-state index contributed by atoms with van der Waals surface area (Å²) in [5, 5.41) is 3.12. The van der Waals surface area contributed by atoms with E-state index in [9.17, 15) is 0 Å². The van der Waals surface area contributed by atoms with Gasteiger partial charge in [0.25, 0.3) is 0 Å². The van der Waals surface area contributed by atoms with Crippen LogP contribution in [-0.4, -0.2) is 26.6 Å². The van der Waals surface area contributed by atoms with Gasteiger partial charge in [-0.05, 0) is 13.3 Å². The Bertz CT molecular complexity index is 503. The van der Waals surface area contributed by atoms with E-state index in [-0.39, 0.29) is 0 Å². The summed E-state index contributed by atoms with van der Waals surface area (Å²) in [5.74, 6) is 2.74. The number of nitrogens with one attached hydrogen (secondary N) is 1. The van der Waals surface area contributed by atoms with E-state index in [1.807, 2.05) is 24.7 Å². The van der Waals surface area contributed by atoms with Crippen LogP contribution in [0.1, 0.15) is 24.7 Å². The van der Waals surface area contributed by atoms with E-state index in [0.717, 1.165) is 35.9 Å². The number of rotatable bonds is 4. The van der Waals surface area contributed by atoms with Gasteiger partial charge >= 0.3 is 0 Å². The third-order valence-corrected chi connectivity index (χ3v) is 2.71. The van der Waals surface area contributed by atoms with Crippen molar-refractivity contribution in [2.45, 2.75) is 26.7 Å². The molecule has 0 atom stereocenters. The van der Waals surface area contributed by atoms with Gasteiger partial charge in [0.2, 0.25) is 0 Å². The lowest BCUT2D eigenvalue weighted by atomic mass is 10.1. The molecule has 0 fully saturated rings. The lowest BCUT2D eigenvalue weighted by molar-refractivity contribution is 0.847. The summed E-state index contributed by atoms with van der Waals surface area (Å²) < 4.78 is 1.99. The molecule has 5 nitrogen and oxygen atoms in total. The standard InChI is InChI=1S/C12H17N5/c1-4-5-10-11(13-3)15-8-16-12(10)17-7-6-14-9(17)2/h6-8H,4-5H2,1-3H3,(H,13,15,16). The fourth-order valence-corrected chi connectivity index (χ4v) is 1.91. The second-order valence-electron chi connectivity index (χ2n) is 3.87. The minimum Gasteiger partial charge on any atom is -0.373 e. The summed E-state index contributed by atoms with van der Waals surface area (Å²) >= 11 is 0. The molecule has 0 saturated heterocycles. The van der Waals surface area contributed by atoms with Crippen molar-refractivity contribution in [2.24, 2.45) is 0 Å². The summed E-state index contributed by atoms with van der Waals surface area (Å²) in [5.41, 5.74) is 1.14. The first-order chi connectivity index (χ1) is 8.27. The number of anilines is 1. The Morgan fingerprint density at radius 2 is 2.12 bits per heavy atom. The zero-order valence-corrected chi connectivity index (χ0v) is 10.4. The lowest BCUT2D eigenvalue weighted by Crippen LogP contribution is -2.08. The predicted molar refractivity (Wildman–Crippen MR) is 67.4 cm³/mol. The Kier molecular flexibility index (Phi) is 3.37. The fourth-order valence-electron chi connectivity index (χ4n) is 1.91. The molecular formula is C12H17N5. The molecule has 2 aromatic heterocycles. The molecule has 17 heavy (non-hydrogen) atoms. The second kappa shape index (κ2) is 4.95. The second-order valence-corrected chi connectivity index (χ2v) is 3.87. The van der Waals surface area contributed by atoms with Gasteiger partial charge in [0, 0.05) is 25.0 Å². The lowest BCUT2D eigenvalue weighted by Gasteiger charge is -2.13. The highest BCUT2D eigenvalue weighted by atomic mass is 15.1. The van der Waals surface area contributed by atoms with E-state index in [1.54, 1.807) is 12.5 Å². The van der Waals surface area contributed by atoms with E-state index in [4.69, 9.17) is 0 Å². The smallest absolute Gasteiger partial charge is 0.146 e. The van der Waals surface area contributed by atoms with Gasteiger partial charge in [0.1, 0.15) is 23.8 Å². The van der Waals surface area contributed by atoms with Crippen molar-refractivity contribution in [3.05, 3.63) is 30.1 Å². The summed E-state index contributed by atoms with van der Waals surface area (Å²) in [4.78, 5) is 12.9. The molecule has 5 heteroatoms. The summed E-state index contributed by atoms with van der Waals surface area (Å²) in [6.45, 7) is 4.12. The van der Waals surface area contributed by atoms with Gasteiger partial charge in [-0.25, -0.2) is 15.0 Å². The number of imidazole rings is 1. The van der Waals surface area contributed by atoms with Crippen LogP contribution in [0.2, 0.25) is 0 Å². The van der Waals surface area contributed by atoms with Gasteiger partial charge in [-0.2, -0.15) is 0 Å². The van der Waals surface area contributed by atoms with Gasteiger partial charge in [-0.1, -0.05) is 13.3 Å². The molecule has 1 N–H and O–H groups in total. The largest absolute Gasteiger partial charge is 0.373 e. The minimum atomic E-state index is 0.893. The van der Waals surface area contributed by atoms with Crippen LogP contribution in [0.15, 0.2) is 18.7 Å². The molecule has 0 saturated carbocycles. The molecule has 2 heterocycles. The van der Waals surface area contributed by atoms with Crippen LogP contribution in [0, 0.1) is 6.92 Å². The molecule has 0 spiro atoms. The zero-order chi connectivity index (χ0) is 12.3. The molecule has 0 bridgehead atoms. The van der Waals surface area contributed by atoms with Gasteiger partial charge in [0.05, 0.1) is 0 Å². The zero-order valence-electron chi connectivity index (χ0n) is 10.4. The van der Waals surface area contributed by atoms with Crippen LogP contribution in [0.4, 0.5) is 5.82 Å². The third-order valence-electron chi connectivity index (χ3n) is 2.71. The molecule has 0 aromatic carbocycles. The van der Waals surface area contributed by atoms with Crippen molar-refractivity contribution in [1.29, 1.82) is 0 Å². The van der Waals surface area contributed by atoms with E-state index in [0.29, 0.717) is 0 Å². The maximum absolute atomic E-state index is 4.38. The Balaban J connectivity index is 2.57. The van der Waals surface area contributed by atoms with Crippen LogP contribution in [0.5, 0.6) is 0 Å². The van der Waals surface area contributed by atoms with Crippen LogP contribution < -0.4 is 5.32 Å². The maximum atomic E-state index is 4.38. The molecule has 0 aliphatic rings. The molecule has 2 aromatic rings. The Morgan fingerprint density at radius 1 is 1.29 bits per heavy atom. The molecule has 0 unspecified atom stereocenters. The van der Waals surface area contributed by atoms with Crippen molar-refractivity contribution in [3.8, 4) is 5.82 Å². The molecular weight excluding hydrogens is 214 g/mol. The van der Waals surface area contributed by atoms with Crippen molar-refractivity contribution in [1.82, 2.24) is 19.5 Å². The summed E-state index contributed by atoms with van der Waals surface area (Å²) in [6.07, 6.45) is 7.30. The van der Waals surface area contributed by atoms with Crippen LogP contribution in [-0.2, 0) is 6.42 Å².